The highest BCUT2D eigenvalue weighted by Crippen LogP contribution is 2.11. The second kappa shape index (κ2) is 6.14. The molecule has 0 amide bonds. The van der Waals surface area contributed by atoms with Gasteiger partial charge in [0, 0.05) is 12.6 Å². The van der Waals surface area contributed by atoms with Crippen LogP contribution in [0.25, 0.3) is 0 Å². The predicted octanol–water partition coefficient (Wildman–Crippen LogP) is 3.57. The van der Waals surface area contributed by atoms with Gasteiger partial charge >= 0.3 is 0 Å². The molecule has 0 aromatic heterocycles. The molecule has 2 heteroatoms. The monoisotopic (exact) mass is 212 g/mol. The molecule has 0 bridgehead atoms. The van der Waals surface area contributed by atoms with Crippen LogP contribution in [0.5, 0.6) is 0 Å². The Morgan fingerprint density at radius 1 is 1.20 bits per heavy atom. The van der Waals surface area contributed by atoms with E-state index in [0.29, 0.717) is 6.04 Å². The second-order valence-corrected chi connectivity index (χ2v) is 5.72. The van der Waals surface area contributed by atoms with Gasteiger partial charge in [-0.15, -0.1) is 0 Å². The maximum Gasteiger partial charge on any atom is 0.0858 e. The Bertz CT molecular complexity index is 189. The molecule has 0 spiro atoms. The van der Waals surface area contributed by atoms with Crippen LogP contribution in [-0.4, -0.2) is 29.4 Å². The molecule has 0 aromatic rings. The molecule has 2 nitrogen and oxygen atoms in total. The number of nitrogens with zero attached hydrogens (tertiary/aromatic N) is 2. The van der Waals surface area contributed by atoms with Crippen molar-refractivity contribution in [2.75, 3.05) is 6.54 Å². The summed E-state index contributed by atoms with van der Waals surface area (Å²) in [5.74, 6) is 0.747. The molecule has 0 saturated carbocycles. The average molecular weight is 212 g/mol. The van der Waals surface area contributed by atoms with E-state index in [1.54, 1.807) is 0 Å². The topological polar surface area (TPSA) is 15.6 Å². The Labute approximate surface area is 95.8 Å². The first kappa shape index (κ1) is 14.5. The van der Waals surface area contributed by atoms with E-state index in [4.69, 9.17) is 0 Å². The van der Waals surface area contributed by atoms with Crippen molar-refractivity contribution in [3.63, 3.8) is 0 Å². The van der Waals surface area contributed by atoms with Crippen molar-refractivity contribution in [1.29, 1.82) is 0 Å². The minimum absolute atomic E-state index is 0.0327. The van der Waals surface area contributed by atoms with Crippen LogP contribution in [0.3, 0.4) is 0 Å². The molecule has 0 N–H and O–H groups in total. The average Bonchev–Trinajstić information content (AvgIpc) is 2.01. The first-order valence-electron chi connectivity index (χ1n) is 6.07. The van der Waals surface area contributed by atoms with Crippen LogP contribution in [0, 0.1) is 5.92 Å². The van der Waals surface area contributed by atoms with Crippen LogP contribution in [0.2, 0.25) is 0 Å². The third-order valence-electron chi connectivity index (χ3n) is 2.34. The summed E-state index contributed by atoms with van der Waals surface area (Å²) in [7, 11) is 0. The van der Waals surface area contributed by atoms with Gasteiger partial charge in [0.1, 0.15) is 0 Å². The third kappa shape index (κ3) is 7.40. The van der Waals surface area contributed by atoms with Crippen LogP contribution < -0.4 is 0 Å². The van der Waals surface area contributed by atoms with Gasteiger partial charge in [0.05, 0.1) is 11.9 Å². The second-order valence-electron chi connectivity index (χ2n) is 5.72. The van der Waals surface area contributed by atoms with Gasteiger partial charge in [-0.05, 0) is 47.0 Å². The highest BCUT2D eigenvalue weighted by Gasteiger charge is 2.12. The smallest absolute Gasteiger partial charge is 0.0858 e. The van der Waals surface area contributed by atoms with Gasteiger partial charge in [-0.25, -0.2) is 0 Å². The summed E-state index contributed by atoms with van der Waals surface area (Å²) < 4.78 is 0. The molecule has 0 aromatic carbocycles. The molecule has 0 aliphatic rings. The Hall–Kier alpha value is -0.530. The quantitative estimate of drug-likeness (QED) is 0.502. The molecule has 90 valence electrons. The molecule has 15 heavy (non-hydrogen) atoms. The zero-order valence-corrected chi connectivity index (χ0v) is 11.5. The predicted molar refractivity (Wildman–Crippen MR) is 69.5 cm³/mol. The van der Waals surface area contributed by atoms with Gasteiger partial charge in [0.25, 0.3) is 0 Å². The van der Waals surface area contributed by atoms with E-state index < -0.39 is 0 Å². The van der Waals surface area contributed by atoms with E-state index in [1.807, 2.05) is 6.34 Å². The molecule has 0 aliphatic heterocycles. The maximum absolute atomic E-state index is 4.56. The number of hydrogen-bond acceptors (Lipinski definition) is 1. The van der Waals surface area contributed by atoms with Gasteiger partial charge in [-0.3, -0.25) is 4.99 Å². The summed E-state index contributed by atoms with van der Waals surface area (Å²) in [6, 6.07) is 0.584. The van der Waals surface area contributed by atoms with E-state index in [0.717, 1.165) is 12.5 Å². The summed E-state index contributed by atoms with van der Waals surface area (Å²) in [5.41, 5.74) is 0.0327. The fraction of sp³-hybridized carbons (Fsp3) is 0.923. The first-order valence-corrected chi connectivity index (χ1v) is 6.07. The highest BCUT2D eigenvalue weighted by atomic mass is 15.2. The van der Waals surface area contributed by atoms with Crippen molar-refractivity contribution >= 4 is 6.34 Å². The fourth-order valence-corrected chi connectivity index (χ4v) is 1.57. The van der Waals surface area contributed by atoms with Gasteiger partial charge in [-0.2, -0.15) is 0 Å². The Kier molecular flexibility index (Phi) is 5.92. The Morgan fingerprint density at radius 3 is 2.07 bits per heavy atom. The summed E-state index contributed by atoms with van der Waals surface area (Å²) >= 11 is 0. The Morgan fingerprint density at radius 2 is 1.73 bits per heavy atom. The van der Waals surface area contributed by atoms with Gasteiger partial charge in [0.2, 0.25) is 0 Å². The summed E-state index contributed by atoms with van der Waals surface area (Å²) in [4.78, 5) is 6.88. The van der Waals surface area contributed by atoms with Crippen molar-refractivity contribution in [2.24, 2.45) is 10.9 Å². The van der Waals surface area contributed by atoms with E-state index in [-0.39, 0.29) is 5.54 Å². The number of hydrogen-bond donors (Lipinski definition) is 0. The lowest BCUT2D eigenvalue weighted by Gasteiger charge is -2.28. The number of aliphatic imine (C=N–C) groups is 1. The van der Waals surface area contributed by atoms with Crippen LogP contribution >= 0.6 is 0 Å². The molecule has 0 aliphatic carbocycles. The highest BCUT2D eigenvalue weighted by molar-refractivity contribution is 5.56. The molecule has 0 saturated heterocycles. The van der Waals surface area contributed by atoms with E-state index in [1.165, 1.54) is 6.42 Å². The van der Waals surface area contributed by atoms with E-state index in [9.17, 15) is 0 Å². The third-order valence-corrected chi connectivity index (χ3v) is 2.34. The Balaban J connectivity index is 4.30. The van der Waals surface area contributed by atoms with Crippen molar-refractivity contribution in [2.45, 2.75) is 66.5 Å². The van der Waals surface area contributed by atoms with Gasteiger partial charge in [-0.1, -0.05) is 13.8 Å². The lowest BCUT2D eigenvalue weighted by atomic mass is 10.0. The van der Waals surface area contributed by atoms with Crippen molar-refractivity contribution in [3.8, 4) is 0 Å². The molecule has 0 heterocycles. The summed E-state index contributed by atoms with van der Waals surface area (Å²) in [5, 5.41) is 0. The van der Waals surface area contributed by atoms with Crippen LogP contribution in [0.4, 0.5) is 0 Å². The normalized spacial score (nSPS) is 14.9. The summed E-state index contributed by atoms with van der Waals surface area (Å²) in [6.45, 7) is 16.4. The number of rotatable bonds is 5. The van der Waals surface area contributed by atoms with E-state index in [2.05, 4.69) is 58.4 Å². The molecule has 0 radical (unpaired) electrons. The maximum atomic E-state index is 4.56. The lowest BCUT2D eigenvalue weighted by Crippen LogP contribution is -2.33. The molecule has 1 atom stereocenters. The lowest BCUT2D eigenvalue weighted by molar-refractivity contribution is 0.305. The van der Waals surface area contributed by atoms with Crippen LogP contribution in [-0.2, 0) is 0 Å². The largest absolute Gasteiger partial charge is 0.361 e. The van der Waals surface area contributed by atoms with Crippen LogP contribution in [0.1, 0.15) is 54.9 Å². The first-order chi connectivity index (χ1) is 6.76. The molecule has 0 fully saturated rings. The van der Waals surface area contributed by atoms with Gasteiger partial charge < -0.3 is 4.90 Å². The van der Waals surface area contributed by atoms with Crippen molar-refractivity contribution in [1.82, 2.24) is 4.90 Å². The van der Waals surface area contributed by atoms with Gasteiger partial charge in [0.15, 0.2) is 0 Å². The zero-order chi connectivity index (χ0) is 12.1. The van der Waals surface area contributed by atoms with Crippen LogP contribution in [0.15, 0.2) is 4.99 Å². The molecular weight excluding hydrogens is 184 g/mol. The fourth-order valence-electron chi connectivity index (χ4n) is 1.57. The SMILES string of the molecule is CCN(C=NC(C)(C)C)C(C)CC(C)C. The minimum atomic E-state index is 0.0327. The van der Waals surface area contributed by atoms with E-state index >= 15 is 0 Å². The summed E-state index contributed by atoms with van der Waals surface area (Å²) in [6.07, 6.45) is 3.25. The van der Waals surface area contributed by atoms with Crippen molar-refractivity contribution < 1.29 is 0 Å². The standard InChI is InChI=1S/C13H28N2/c1-8-15(10-14-13(5,6)7)12(4)9-11(2)3/h10-12H,8-9H2,1-7H3. The zero-order valence-electron chi connectivity index (χ0n) is 11.5. The van der Waals surface area contributed by atoms with Crippen molar-refractivity contribution in [3.05, 3.63) is 0 Å². The molecule has 1 unspecified atom stereocenters. The minimum Gasteiger partial charge on any atom is -0.361 e. The molecular formula is C13H28N2. The molecule has 0 rings (SSSR count).